The first kappa shape index (κ1) is 13.1. The molecule has 1 amide bonds. The average Bonchev–Trinajstić information content (AvgIpc) is 3.17. The number of nitrogens with zero attached hydrogens (tertiary/aromatic N) is 1. The second-order valence-electron chi connectivity index (χ2n) is 5.00. The summed E-state index contributed by atoms with van der Waals surface area (Å²) < 4.78 is 0. The van der Waals surface area contributed by atoms with Crippen LogP contribution in [0.25, 0.3) is 0 Å². The summed E-state index contributed by atoms with van der Waals surface area (Å²) in [7, 11) is 0. The highest BCUT2D eigenvalue weighted by Crippen LogP contribution is 2.54. The molecule has 0 spiro atoms. The molecule has 0 bridgehead atoms. The summed E-state index contributed by atoms with van der Waals surface area (Å²) in [5.74, 6) is 0.695. The van der Waals surface area contributed by atoms with Gasteiger partial charge in [0.05, 0.1) is 12.0 Å². The van der Waals surface area contributed by atoms with Crippen LogP contribution in [0.15, 0.2) is 30.3 Å². The lowest BCUT2D eigenvalue weighted by molar-refractivity contribution is -0.373. The largest absolute Gasteiger partial charge is 0.357 e. The molecule has 0 saturated heterocycles. The summed E-state index contributed by atoms with van der Waals surface area (Å²) in [6, 6.07) is 10.2. The van der Waals surface area contributed by atoms with Crippen LogP contribution in [0.4, 0.5) is 0 Å². The number of benzene rings is 1. The molecule has 1 aromatic rings. The van der Waals surface area contributed by atoms with Gasteiger partial charge < -0.3 is 10.6 Å². The molecular formula is C15H23N2O+. The van der Waals surface area contributed by atoms with E-state index < -0.39 is 0 Å². The monoisotopic (exact) mass is 247 g/mol. The number of rotatable bonds is 5. The normalized spacial score (nSPS) is 25.8. The second-order valence-corrected chi connectivity index (χ2v) is 5.00. The summed E-state index contributed by atoms with van der Waals surface area (Å²) in [6.07, 6.45) is 0.954. The molecule has 2 unspecified atom stereocenters. The van der Waals surface area contributed by atoms with Crippen molar-refractivity contribution in [1.29, 1.82) is 0 Å². The molecule has 2 rings (SSSR count). The number of carbonyl (C=O) groups is 1. The number of quaternary nitrogens is 1. The van der Waals surface area contributed by atoms with E-state index in [1.807, 2.05) is 36.9 Å². The third-order valence-electron chi connectivity index (χ3n) is 4.17. The molecular weight excluding hydrogens is 224 g/mol. The number of hydrogen-bond acceptors (Lipinski definition) is 1. The standard InChI is InChI=1S/C15H22N2O/c1-3-17(4-2)14(18)15(10-13(15)11-16)12-8-6-5-7-9-12/h5-9,13H,3-4,10-11,16H2,1-2H3/p+1. The third-order valence-corrected chi connectivity index (χ3v) is 4.17. The Bertz CT molecular complexity index is 414. The highest BCUT2D eigenvalue weighted by atomic mass is 16.2. The molecule has 0 heterocycles. The molecule has 1 saturated carbocycles. The van der Waals surface area contributed by atoms with Crippen LogP contribution in [0.2, 0.25) is 0 Å². The van der Waals surface area contributed by atoms with Crippen LogP contribution in [0.1, 0.15) is 25.8 Å². The molecule has 18 heavy (non-hydrogen) atoms. The Labute approximate surface area is 109 Å². The fourth-order valence-electron chi connectivity index (χ4n) is 2.95. The Hall–Kier alpha value is -1.35. The van der Waals surface area contributed by atoms with Gasteiger partial charge in [-0.3, -0.25) is 4.79 Å². The van der Waals surface area contributed by atoms with Crippen molar-refractivity contribution in [3.63, 3.8) is 0 Å². The Morgan fingerprint density at radius 3 is 2.39 bits per heavy atom. The van der Waals surface area contributed by atoms with E-state index in [4.69, 9.17) is 0 Å². The predicted molar refractivity (Wildman–Crippen MR) is 71.9 cm³/mol. The highest BCUT2D eigenvalue weighted by molar-refractivity contribution is 5.92. The number of likely N-dealkylation sites (N-methyl/N-ethyl adjacent to an activating group) is 1. The minimum Gasteiger partial charge on any atom is -0.357 e. The summed E-state index contributed by atoms with van der Waals surface area (Å²) in [5.41, 5.74) is 4.87. The Kier molecular flexibility index (Phi) is 3.71. The van der Waals surface area contributed by atoms with E-state index in [1.165, 1.54) is 0 Å². The Morgan fingerprint density at radius 2 is 1.94 bits per heavy atom. The summed E-state index contributed by atoms with van der Waals surface area (Å²) in [4.78, 5) is 14.7. The minimum atomic E-state index is -0.283. The zero-order chi connectivity index (χ0) is 13.2. The van der Waals surface area contributed by atoms with Gasteiger partial charge in [0.1, 0.15) is 0 Å². The predicted octanol–water partition coefficient (Wildman–Crippen LogP) is 1.05. The molecule has 0 aliphatic heterocycles. The topological polar surface area (TPSA) is 48.0 Å². The number of amides is 1. The van der Waals surface area contributed by atoms with Crippen molar-refractivity contribution >= 4 is 5.91 Å². The molecule has 1 fully saturated rings. The first-order valence-corrected chi connectivity index (χ1v) is 6.84. The van der Waals surface area contributed by atoms with Crippen molar-refractivity contribution in [2.75, 3.05) is 19.6 Å². The minimum absolute atomic E-state index is 0.283. The van der Waals surface area contributed by atoms with Crippen LogP contribution in [-0.4, -0.2) is 30.4 Å². The summed E-state index contributed by atoms with van der Waals surface area (Å²) in [6.45, 7) is 6.49. The van der Waals surface area contributed by atoms with Gasteiger partial charge in [0.15, 0.2) is 0 Å². The van der Waals surface area contributed by atoms with Gasteiger partial charge in [-0.05, 0) is 25.8 Å². The molecule has 1 aliphatic carbocycles. The van der Waals surface area contributed by atoms with E-state index in [9.17, 15) is 4.79 Å². The first-order valence-electron chi connectivity index (χ1n) is 6.84. The van der Waals surface area contributed by atoms with E-state index >= 15 is 0 Å². The van der Waals surface area contributed by atoms with Crippen molar-refractivity contribution in [1.82, 2.24) is 4.90 Å². The lowest BCUT2D eigenvalue weighted by Crippen LogP contribution is -2.53. The fourth-order valence-corrected chi connectivity index (χ4v) is 2.95. The number of hydrogen-bond donors (Lipinski definition) is 1. The van der Waals surface area contributed by atoms with Crippen LogP contribution in [0.3, 0.4) is 0 Å². The molecule has 2 atom stereocenters. The van der Waals surface area contributed by atoms with Crippen LogP contribution in [0, 0.1) is 5.92 Å². The van der Waals surface area contributed by atoms with E-state index in [0.717, 1.165) is 31.6 Å². The number of carbonyl (C=O) groups excluding carboxylic acids is 1. The lowest BCUT2D eigenvalue weighted by Gasteiger charge is -2.26. The van der Waals surface area contributed by atoms with Gasteiger partial charge in [-0.15, -0.1) is 0 Å². The maximum absolute atomic E-state index is 12.8. The first-order chi connectivity index (χ1) is 8.70. The Balaban J connectivity index is 2.32. The van der Waals surface area contributed by atoms with Crippen LogP contribution in [0.5, 0.6) is 0 Å². The van der Waals surface area contributed by atoms with Gasteiger partial charge in [0.25, 0.3) is 0 Å². The molecule has 0 aromatic heterocycles. The molecule has 1 aromatic carbocycles. The zero-order valence-corrected chi connectivity index (χ0v) is 11.4. The third kappa shape index (κ3) is 1.93. The second kappa shape index (κ2) is 5.11. The van der Waals surface area contributed by atoms with Gasteiger partial charge in [0, 0.05) is 19.0 Å². The van der Waals surface area contributed by atoms with Gasteiger partial charge >= 0.3 is 0 Å². The van der Waals surface area contributed by atoms with Crippen molar-refractivity contribution < 1.29 is 10.5 Å². The van der Waals surface area contributed by atoms with Crippen LogP contribution >= 0.6 is 0 Å². The molecule has 1 aliphatic rings. The van der Waals surface area contributed by atoms with Crippen LogP contribution < -0.4 is 5.73 Å². The zero-order valence-electron chi connectivity index (χ0n) is 11.4. The van der Waals surface area contributed by atoms with Gasteiger partial charge in [-0.25, -0.2) is 0 Å². The fraction of sp³-hybridized carbons (Fsp3) is 0.533. The molecule has 3 nitrogen and oxygen atoms in total. The van der Waals surface area contributed by atoms with Gasteiger partial charge in [-0.2, -0.15) is 0 Å². The smallest absolute Gasteiger partial charge is 0.233 e. The SMILES string of the molecule is CCN(CC)C(=O)C1(c2ccccc2)CC1C[NH3+]. The molecule has 3 heteroatoms. The van der Waals surface area contributed by atoms with E-state index in [0.29, 0.717) is 5.92 Å². The average molecular weight is 247 g/mol. The lowest BCUT2D eigenvalue weighted by atomic mass is 9.91. The van der Waals surface area contributed by atoms with Crippen molar-refractivity contribution in [2.45, 2.75) is 25.7 Å². The highest BCUT2D eigenvalue weighted by Gasteiger charge is 2.62. The van der Waals surface area contributed by atoms with E-state index in [-0.39, 0.29) is 11.3 Å². The summed E-state index contributed by atoms with van der Waals surface area (Å²) in [5, 5.41) is 0. The van der Waals surface area contributed by atoms with Crippen molar-refractivity contribution in [3.8, 4) is 0 Å². The molecule has 0 radical (unpaired) electrons. The quantitative estimate of drug-likeness (QED) is 0.831. The van der Waals surface area contributed by atoms with Gasteiger partial charge in [0.2, 0.25) is 5.91 Å². The van der Waals surface area contributed by atoms with E-state index in [1.54, 1.807) is 0 Å². The molecule has 3 N–H and O–H groups in total. The summed E-state index contributed by atoms with van der Waals surface area (Å²) >= 11 is 0. The maximum Gasteiger partial charge on any atom is 0.233 e. The van der Waals surface area contributed by atoms with Crippen LogP contribution in [-0.2, 0) is 10.2 Å². The maximum atomic E-state index is 12.8. The van der Waals surface area contributed by atoms with Crippen molar-refractivity contribution in [2.24, 2.45) is 5.92 Å². The Morgan fingerprint density at radius 1 is 1.33 bits per heavy atom. The van der Waals surface area contributed by atoms with E-state index in [2.05, 4.69) is 17.9 Å². The molecule has 98 valence electrons. The van der Waals surface area contributed by atoms with Crippen molar-refractivity contribution in [3.05, 3.63) is 35.9 Å². The van der Waals surface area contributed by atoms with Gasteiger partial charge in [-0.1, -0.05) is 30.3 Å².